The van der Waals surface area contributed by atoms with E-state index in [1.807, 2.05) is 0 Å². The van der Waals surface area contributed by atoms with Gasteiger partial charge in [-0.1, -0.05) is 245 Å². The average molecular weight is 848 g/mol. The summed E-state index contributed by atoms with van der Waals surface area (Å²) < 4.78 is 5.92. The fourth-order valence-electron chi connectivity index (χ4n) is 8.49. The van der Waals surface area contributed by atoms with Crippen molar-refractivity contribution in [3.8, 4) is 0 Å². The normalized spacial score (nSPS) is 13.2. The minimum atomic E-state index is -0.784. The van der Waals surface area contributed by atoms with E-state index in [1.165, 1.54) is 199 Å². The van der Waals surface area contributed by atoms with Gasteiger partial charge in [-0.3, -0.25) is 9.59 Å². The monoisotopic (exact) mass is 848 g/mol. The Bertz CT molecular complexity index is 909. The van der Waals surface area contributed by atoms with Gasteiger partial charge in [0.2, 0.25) is 5.91 Å². The van der Waals surface area contributed by atoms with Crippen LogP contribution in [0.3, 0.4) is 0 Å². The number of nitrogens with one attached hydrogen (secondary N) is 1. The summed E-state index contributed by atoms with van der Waals surface area (Å²) in [6.07, 6.45) is 54.2. The molecule has 6 heteroatoms. The first-order valence-corrected chi connectivity index (χ1v) is 26.9. The van der Waals surface area contributed by atoms with Crippen molar-refractivity contribution in [1.82, 2.24) is 5.32 Å². The van der Waals surface area contributed by atoms with E-state index in [0.717, 1.165) is 51.4 Å². The topological polar surface area (TPSA) is 95.9 Å². The molecule has 0 saturated carbocycles. The van der Waals surface area contributed by atoms with Gasteiger partial charge in [0.1, 0.15) is 6.10 Å². The van der Waals surface area contributed by atoms with Crippen LogP contribution in [0.2, 0.25) is 0 Å². The van der Waals surface area contributed by atoms with Crippen LogP contribution in [-0.4, -0.2) is 46.9 Å². The summed E-state index contributed by atoms with van der Waals surface area (Å²) in [5, 5.41) is 23.8. The third kappa shape index (κ3) is 43.3. The van der Waals surface area contributed by atoms with Crippen LogP contribution in [-0.2, 0) is 14.3 Å². The Kier molecular flexibility index (Phi) is 47.5. The largest absolute Gasteiger partial charge is 0.462 e. The maximum absolute atomic E-state index is 13.2. The molecule has 0 spiro atoms. The zero-order chi connectivity index (χ0) is 43.8. The zero-order valence-electron chi connectivity index (χ0n) is 40.6. The number of aliphatic hydroxyl groups is 2. The number of allylic oxidation sites excluding steroid dienone is 2. The van der Waals surface area contributed by atoms with Crippen LogP contribution in [0.4, 0.5) is 0 Å². The lowest BCUT2D eigenvalue weighted by Crippen LogP contribution is -2.46. The van der Waals surface area contributed by atoms with Crippen molar-refractivity contribution in [1.29, 1.82) is 0 Å². The number of unbranched alkanes of at least 4 members (excludes halogenated alkanes) is 35. The Morgan fingerprint density at radius 3 is 1.18 bits per heavy atom. The second kappa shape index (κ2) is 48.6. The summed E-state index contributed by atoms with van der Waals surface area (Å²) in [5.41, 5.74) is 0. The van der Waals surface area contributed by atoms with E-state index >= 15 is 0 Å². The van der Waals surface area contributed by atoms with Gasteiger partial charge >= 0.3 is 5.97 Å². The summed E-state index contributed by atoms with van der Waals surface area (Å²) in [4.78, 5) is 26.1. The number of ether oxygens (including phenoxy) is 1. The highest BCUT2D eigenvalue weighted by Gasteiger charge is 2.24. The standard InChI is InChI=1S/C54H105NO5/c1-4-7-10-13-16-19-22-24-25-26-27-29-31-34-37-40-43-46-52(57)51(49-56)55-53(58)48-50(45-42-39-36-33-30-21-18-15-12-9-6-3)60-54(59)47-44-41-38-35-32-28-23-20-17-14-11-8-5-2/h28,32,50-52,56-57H,4-27,29-31,33-49H2,1-3H3,(H,55,58)/b32-28-. The van der Waals surface area contributed by atoms with Gasteiger partial charge in [-0.2, -0.15) is 0 Å². The van der Waals surface area contributed by atoms with Crippen LogP contribution in [0, 0.1) is 0 Å². The molecule has 0 fully saturated rings. The van der Waals surface area contributed by atoms with Crippen LogP contribution in [0.25, 0.3) is 0 Å². The molecule has 0 radical (unpaired) electrons. The highest BCUT2D eigenvalue weighted by Crippen LogP contribution is 2.18. The molecule has 0 bridgehead atoms. The number of carbonyl (C=O) groups excluding carboxylic acids is 2. The van der Waals surface area contributed by atoms with Crippen LogP contribution in [0.1, 0.15) is 297 Å². The molecule has 0 saturated heterocycles. The van der Waals surface area contributed by atoms with Gasteiger partial charge in [-0.15, -0.1) is 0 Å². The van der Waals surface area contributed by atoms with Crippen LogP contribution >= 0.6 is 0 Å². The first kappa shape index (κ1) is 58.6. The maximum Gasteiger partial charge on any atom is 0.306 e. The smallest absolute Gasteiger partial charge is 0.306 e. The molecule has 0 aromatic rings. The Morgan fingerprint density at radius 1 is 0.467 bits per heavy atom. The highest BCUT2D eigenvalue weighted by molar-refractivity contribution is 5.77. The Morgan fingerprint density at radius 2 is 0.800 bits per heavy atom. The predicted octanol–water partition coefficient (Wildman–Crippen LogP) is 16.1. The van der Waals surface area contributed by atoms with Crippen molar-refractivity contribution < 1.29 is 24.5 Å². The van der Waals surface area contributed by atoms with Crippen LogP contribution in [0.15, 0.2) is 12.2 Å². The number of aliphatic hydroxyl groups excluding tert-OH is 2. The summed E-state index contributed by atoms with van der Waals surface area (Å²) >= 11 is 0. The molecular weight excluding hydrogens is 743 g/mol. The molecular formula is C54H105NO5. The predicted molar refractivity (Wildman–Crippen MR) is 260 cm³/mol. The van der Waals surface area contributed by atoms with Crippen molar-refractivity contribution in [3.63, 3.8) is 0 Å². The average Bonchev–Trinajstić information content (AvgIpc) is 3.24. The lowest BCUT2D eigenvalue weighted by molar-refractivity contribution is -0.151. The molecule has 1 amide bonds. The molecule has 0 aliphatic carbocycles. The van der Waals surface area contributed by atoms with E-state index in [4.69, 9.17) is 4.74 Å². The van der Waals surface area contributed by atoms with Gasteiger partial charge in [0.25, 0.3) is 0 Å². The number of amides is 1. The molecule has 0 aromatic heterocycles. The Labute approximate surface area is 374 Å². The second-order valence-electron chi connectivity index (χ2n) is 18.6. The van der Waals surface area contributed by atoms with Crippen molar-refractivity contribution in [3.05, 3.63) is 12.2 Å². The number of rotatable bonds is 49. The number of esters is 1. The first-order chi connectivity index (χ1) is 29.5. The Balaban J connectivity index is 4.45. The zero-order valence-corrected chi connectivity index (χ0v) is 40.6. The van der Waals surface area contributed by atoms with Gasteiger partial charge in [-0.05, 0) is 51.4 Å². The maximum atomic E-state index is 13.2. The quantitative estimate of drug-likeness (QED) is 0.0322. The van der Waals surface area contributed by atoms with E-state index in [1.54, 1.807) is 0 Å². The van der Waals surface area contributed by atoms with Crippen LogP contribution < -0.4 is 5.32 Å². The minimum absolute atomic E-state index is 0.0786. The van der Waals surface area contributed by atoms with Crippen molar-refractivity contribution in [2.24, 2.45) is 0 Å². The molecule has 0 aliphatic rings. The SMILES string of the molecule is CCCCCCCC/C=C\CCCCCC(=O)OC(CCCCCCCCCCCCC)CC(=O)NC(CO)C(O)CCCCCCCCCCCCCCCCCCC. The van der Waals surface area contributed by atoms with Gasteiger partial charge < -0.3 is 20.3 Å². The molecule has 0 rings (SSSR count). The second-order valence-corrected chi connectivity index (χ2v) is 18.6. The summed E-state index contributed by atoms with van der Waals surface area (Å²) in [6.45, 7) is 6.50. The van der Waals surface area contributed by atoms with E-state index in [-0.39, 0.29) is 24.9 Å². The van der Waals surface area contributed by atoms with E-state index in [9.17, 15) is 19.8 Å². The van der Waals surface area contributed by atoms with E-state index in [2.05, 4.69) is 38.2 Å². The lowest BCUT2D eigenvalue weighted by atomic mass is 10.0. The number of hydrogen-bond acceptors (Lipinski definition) is 5. The van der Waals surface area contributed by atoms with Gasteiger partial charge in [0.05, 0.1) is 25.2 Å². The fourth-order valence-corrected chi connectivity index (χ4v) is 8.49. The molecule has 356 valence electrons. The molecule has 0 aromatic carbocycles. The minimum Gasteiger partial charge on any atom is -0.462 e. The third-order valence-corrected chi connectivity index (χ3v) is 12.6. The molecule has 60 heavy (non-hydrogen) atoms. The first-order valence-electron chi connectivity index (χ1n) is 26.9. The molecule has 3 N–H and O–H groups in total. The van der Waals surface area contributed by atoms with Gasteiger partial charge in [0, 0.05) is 6.42 Å². The molecule has 3 atom stereocenters. The van der Waals surface area contributed by atoms with Crippen molar-refractivity contribution in [2.75, 3.05) is 6.61 Å². The fraction of sp³-hybridized carbons (Fsp3) is 0.926. The van der Waals surface area contributed by atoms with Gasteiger partial charge in [0.15, 0.2) is 0 Å². The lowest BCUT2D eigenvalue weighted by Gasteiger charge is -2.24. The summed E-state index contributed by atoms with van der Waals surface area (Å²) in [6, 6.07) is -0.697. The molecule has 3 unspecified atom stereocenters. The number of carbonyl (C=O) groups is 2. The third-order valence-electron chi connectivity index (χ3n) is 12.6. The van der Waals surface area contributed by atoms with E-state index < -0.39 is 18.2 Å². The van der Waals surface area contributed by atoms with E-state index in [0.29, 0.717) is 19.3 Å². The molecule has 0 aliphatic heterocycles. The van der Waals surface area contributed by atoms with Gasteiger partial charge in [-0.25, -0.2) is 0 Å². The summed E-state index contributed by atoms with van der Waals surface area (Å²) in [5.74, 6) is -0.476. The van der Waals surface area contributed by atoms with Crippen LogP contribution in [0.5, 0.6) is 0 Å². The van der Waals surface area contributed by atoms with Crippen molar-refractivity contribution >= 4 is 11.9 Å². The highest BCUT2D eigenvalue weighted by atomic mass is 16.5. The van der Waals surface area contributed by atoms with Crippen molar-refractivity contribution in [2.45, 2.75) is 315 Å². The molecule has 6 nitrogen and oxygen atoms in total. The Hall–Kier alpha value is -1.40. The number of hydrogen-bond donors (Lipinski definition) is 3. The molecule has 0 heterocycles. The summed E-state index contributed by atoms with van der Waals surface area (Å²) in [7, 11) is 0.